The molecule has 0 aliphatic heterocycles. The van der Waals surface area contributed by atoms with Gasteiger partial charge in [0.1, 0.15) is 6.04 Å². The Morgan fingerprint density at radius 1 is 1.30 bits per heavy atom. The molecule has 1 unspecified atom stereocenters. The monoisotopic (exact) mass is 284 g/mol. The smallest absolute Gasteiger partial charge is 0.323 e. The first-order valence-corrected chi connectivity index (χ1v) is 8.10. The quantitative estimate of drug-likeness (QED) is 0.626. The topological polar surface area (TPSA) is 41.6 Å². The molecule has 0 amide bonds. The van der Waals surface area contributed by atoms with Gasteiger partial charge in [0.25, 0.3) is 0 Å². The van der Waals surface area contributed by atoms with Crippen molar-refractivity contribution in [1.29, 1.82) is 0 Å². The van der Waals surface area contributed by atoms with Gasteiger partial charge in [-0.2, -0.15) is 0 Å². The van der Waals surface area contributed by atoms with Gasteiger partial charge >= 0.3 is 5.97 Å². The molecule has 0 bridgehead atoms. The fourth-order valence-electron chi connectivity index (χ4n) is 2.37. The molecule has 0 aromatic heterocycles. The summed E-state index contributed by atoms with van der Waals surface area (Å²) in [6.07, 6.45) is 3.21. The average Bonchev–Trinajstić information content (AvgIpc) is 3.16. The van der Waals surface area contributed by atoms with E-state index in [1.807, 2.05) is 6.92 Å². The minimum Gasteiger partial charge on any atom is -0.465 e. The first-order chi connectivity index (χ1) is 9.43. The maximum atomic E-state index is 12.0. The predicted octanol–water partition coefficient (Wildman–Crippen LogP) is 2.43. The largest absolute Gasteiger partial charge is 0.465 e. The van der Waals surface area contributed by atoms with Crippen LogP contribution in [0.15, 0.2) is 0 Å². The number of ether oxygens (including phenoxy) is 1. The van der Waals surface area contributed by atoms with Crippen LogP contribution in [-0.4, -0.2) is 48.7 Å². The summed E-state index contributed by atoms with van der Waals surface area (Å²) in [6, 6.07) is 0.902. The molecule has 1 aliphatic rings. The minimum atomic E-state index is -0.143. The van der Waals surface area contributed by atoms with Crippen LogP contribution >= 0.6 is 0 Å². The number of nitrogens with one attached hydrogen (secondary N) is 1. The van der Waals surface area contributed by atoms with Gasteiger partial charge in [-0.1, -0.05) is 13.8 Å². The van der Waals surface area contributed by atoms with Crippen molar-refractivity contribution in [1.82, 2.24) is 10.2 Å². The molecule has 1 atom stereocenters. The molecule has 0 saturated heterocycles. The summed E-state index contributed by atoms with van der Waals surface area (Å²) in [5.74, 6) is 0.558. The van der Waals surface area contributed by atoms with Crippen LogP contribution in [0.5, 0.6) is 0 Å². The molecular formula is C16H32N2O2. The van der Waals surface area contributed by atoms with Crippen molar-refractivity contribution in [2.45, 2.75) is 72.0 Å². The average molecular weight is 284 g/mol. The second kappa shape index (κ2) is 8.63. The highest BCUT2D eigenvalue weighted by molar-refractivity contribution is 5.75. The van der Waals surface area contributed by atoms with Gasteiger partial charge in [-0.15, -0.1) is 0 Å². The summed E-state index contributed by atoms with van der Waals surface area (Å²) in [7, 11) is 0. The van der Waals surface area contributed by atoms with Gasteiger partial charge in [-0.25, -0.2) is 0 Å². The lowest BCUT2D eigenvalue weighted by Crippen LogP contribution is -2.44. The molecule has 0 radical (unpaired) electrons. The van der Waals surface area contributed by atoms with E-state index >= 15 is 0 Å². The highest BCUT2D eigenvalue weighted by atomic mass is 16.5. The second-order valence-electron chi connectivity index (χ2n) is 6.52. The standard InChI is InChI=1S/C16H32N2O2/c1-6-20-16(19)15(17-14-7-8-14)9-10-18(13(4)5)11-12(2)3/h12-15,17H,6-11H2,1-5H3. The van der Waals surface area contributed by atoms with Gasteiger partial charge in [0.05, 0.1) is 6.61 Å². The fraction of sp³-hybridized carbons (Fsp3) is 0.938. The molecule has 1 N–H and O–H groups in total. The van der Waals surface area contributed by atoms with Gasteiger partial charge in [0.15, 0.2) is 0 Å². The molecule has 0 heterocycles. The third kappa shape index (κ3) is 6.71. The zero-order valence-electron chi connectivity index (χ0n) is 13.8. The van der Waals surface area contributed by atoms with Crippen LogP contribution in [0, 0.1) is 5.92 Å². The first-order valence-electron chi connectivity index (χ1n) is 8.10. The van der Waals surface area contributed by atoms with Gasteiger partial charge in [-0.3, -0.25) is 4.79 Å². The molecule has 1 fully saturated rings. The number of hydrogen-bond donors (Lipinski definition) is 1. The Labute approximate surface area is 124 Å². The maximum absolute atomic E-state index is 12.0. The van der Waals surface area contributed by atoms with E-state index in [4.69, 9.17) is 4.74 Å². The van der Waals surface area contributed by atoms with Crippen molar-refractivity contribution in [2.75, 3.05) is 19.7 Å². The molecule has 1 saturated carbocycles. The predicted molar refractivity (Wildman–Crippen MR) is 82.7 cm³/mol. The molecule has 20 heavy (non-hydrogen) atoms. The second-order valence-corrected chi connectivity index (χ2v) is 6.52. The SMILES string of the molecule is CCOC(=O)C(CCN(CC(C)C)C(C)C)NC1CC1. The lowest BCUT2D eigenvalue weighted by molar-refractivity contribution is -0.146. The summed E-state index contributed by atoms with van der Waals surface area (Å²) in [6.45, 7) is 13.3. The Kier molecular flexibility index (Phi) is 7.52. The van der Waals surface area contributed by atoms with E-state index in [0.29, 0.717) is 24.6 Å². The molecule has 1 rings (SSSR count). The molecule has 4 nitrogen and oxygen atoms in total. The number of nitrogens with zero attached hydrogens (tertiary/aromatic N) is 1. The Hall–Kier alpha value is -0.610. The van der Waals surface area contributed by atoms with E-state index in [-0.39, 0.29) is 12.0 Å². The molecule has 118 valence electrons. The van der Waals surface area contributed by atoms with Gasteiger partial charge in [0.2, 0.25) is 0 Å². The fourth-order valence-corrected chi connectivity index (χ4v) is 2.37. The summed E-state index contributed by atoms with van der Waals surface area (Å²) < 4.78 is 5.19. The summed E-state index contributed by atoms with van der Waals surface area (Å²) in [5, 5.41) is 3.42. The van der Waals surface area contributed by atoms with Crippen molar-refractivity contribution in [3.8, 4) is 0 Å². The Balaban J connectivity index is 2.47. The highest BCUT2D eigenvalue weighted by Crippen LogP contribution is 2.20. The lowest BCUT2D eigenvalue weighted by Gasteiger charge is -2.29. The highest BCUT2D eigenvalue weighted by Gasteiger charge is 2.29. The van der Waals surface area contributed by atoms with Crippen molar-refractivity contribution < 1.29 is 9.53 Å². The van der Waals surface area contributed by atoms with Gasteiger partial charge in [-0.05, 0) is 46.0 Å². The number of hydrogen-bond acceptors (Lipinski definition) is 4. The van der Waals surface area contributed by atoms with E-state index in [2.05, 4.69) is 37.9 Å². The van der Waals surface area contributed by atoms with Crippen LogP contribution in [0.2, 0.25) is 0 Å². The zero-order chi connectivity index (χ0) is 15.1. The Bertz CT molecular complexity index is 288. The van der Waals surface area contributed by atoms with Crippen molar-refractivity contribution in [2.24, 2.45) is 5.92 Å². The molecule has 4 heteroatoms. The van der Waals surface area contributed by atoms with E-state index in [1.165, 1.54) is 12.8 Å². The van der Waals surface area contributed by atoms with Crippen LogP contribution in [0.25, 0.3) is 0 Å². The summed E-state index contributed by atoms with van der Waals surface area (Å²) in [5.41, 5.74) is 0. The molecular weight excluding hydrogens is 252 g/mol. The number of carbonyl (C=O) groups is 1. The van der Waals surface area contributed by atoms with Crippen LogP contribution in [0.4, 0.5) is 0 Å². The normalized spacial score (nSPS) is 17.0. The number of carbonyl (C=O) groups excluding carboxylic acids is 1. The Morgan fingerprint density at radius 3 is 2.40 bits per heavy atom. The first kappa shape index (κ1) is 17.4. The van der Waals surface area contributed by atoms with Crippen LogP contribution in [-0.2, 0) is 9.53 Å². The Morgan fingerprint density at radius 2 is 1.95 bits per heavy atom. The minimum absolute atomic E-state index is 0.0901. The molecule has 0 aromatic rings. The third-order valence-electron chi connectivity index (χ3n) is 3.62. The van der Waals surface area contributed by atoms with Crippen molar-refractivity contribution in [3.05, 3.63) is 0 Å². The van der Waals surface area contributed by atoms with E-state index in [0.717, 1.165) is 19.5 Å². The van der Waals surface area contributed by atoms with Crippen LogP contribution < -0.4 is 5.32 Å². The van der Waals surface area contributed by atoms with E-state index in [1.54, 1.807) is 0 Å². The van der Waals surface area contributed by atoms with Crippen LogP contribution in [0.3, 0.4) is 0 Å². The van der Waals surface area contributed by atoms with Gasteiger partial charge < -0.3 is 15.0 Å². The van der Waals surface area contributed by atoms with Gasteiger partial charge in [0, 0.05) is 25.2 Å². The zero-order valence-corrected chi connectivity index (χ0v) is 13.8. The summed E-state index contributed by atoms with van der Waals surface area (Å²) >= 11 is 0. The van der Waals surface area contributed by atoms with Crippen molar-refractivity contribution in [3.63, 3.8) is 0 Å². The molecule has 0 aromatic carbocycles. The van der Waals surface area contributed by atoms with Crippen LogP contribution in [0.1, 0.15) is 53.9 Å². The molecule has 1 aliphatic carbocycles. The van der Waals surface area contributed by atoms with E-state index in [9.17, 15) is 4.79 Å². The third-order valence-corrected chi connectivity index (χ3v) is 3.62. The number of rotatable bonds is 10. The number of esters is 1. The van der Waals surface area contributed by atoms with E-state index < -0.39 is 0 Å². The lowest BCUT2D eigenvalue weighted by atomic mass is 10.1. The molecule has 0 spiro atoms. The summed E-state index contributed by atoms with van der Waals surface area (Å²) in [4.78, 5) is 14.5. The van der Waals surface area contributed by atoms with Crippen molar-refractivity contribution >= 4 is 5.97 Å². The maximum Gasteiger partial charge on any atom is 0.323 e.